The van der Waals surface area contributed by atoms with E-state index in [1.54, 1.807) is 32.2 Å². The van der Waals surface area contributed by atoms with Crippen molar-refractivity contribution in [2.45, 2.75) is 27.2 Å². The summed E-state index contributed by atoms with van der Waals surface area (Å²) in [6, 6.07) is 3.42. The van der Waals surface area contributed by atoms with Gasteiger partial charge in [-0.25, -0.2) is 9.78 Å². The van der Waals surface area contributed by atoms with Crippen molar-refractivity contribution in [1.82, 2.24) is 4.98 Å². The maximum Gasteiger partial charge on any atom is 0.350 e. The average molecular weight is 416 g/mol. The van der Waals surface area contributed by atoms with Crippen molar-refractivity contribution in [2.75, 3.05) is 18.6 Å². The van der Waals surface area contributed by atoms with Crippen molar-refractivity contribution in [3.63, 3.8) is 0 Å². The molecular formula is C17H19Cl2N3O3S. The highest BCUT2D eigenvalue weighted by Gasteiger charge is 2.16. The van der Waals surface area contributed by atoms with Crippen LogP contribution >= 0.6 is 34.5 Å². The first kappa shape index (κ1) is 20.5. The summed E-state index contributed by atoms with van der Waals surface area (Å²) in [5.74, 6) is 0.0793. The molecular weight excluding hydrogens is 397 g/mol. The SMILES string of the molecule is CCCOc1c(Cl)cc(/C=N\Nc2nc(C)c(C(=O)OCC)s2)cc1Cl. The van der Waals surface area contributed by atoms with Crippen LogP contribution in [0.4, 0.5) is 5.13 Å². The smallest absolute Gasteiger partial charge is 0.350 e. The number of esters is 1. The molecule has 0 aliphatic rings. The maximum atomic E-state index is 11.8. The van der Waals surface area contributed by atoms with E-state index in [9.17, 15) is 4.79 Å². The van der Waals surface area contributed by atoms with Crippen molar-refractivity contribution in [1.29, 1.82) is 0 Å². The fraction of sp³-hybridized carbons (Fsp3) is 0.353. The van der Waals surface area contributed by atoms with Gasteiger partial charge in [-0.15, -0.1) is 0 Å². The molecule has 1 aromatic carbocycles. The van der Waals surface area contributed by atoms with E-state index in [0.717, 1.165) is 6.42 Å². The lowest BCUT2D eigenvalue weighted by atomic mass is 10.2. The summed E-state index contributed by atoms with van der Waals surface area (Å²) < 4.78 is 10.5. The molecule has 0 atom stereocenters. The van der Waals surface area contributed by atoms with Crippen LogP contribution in [-0.4, -0.2) is 30.4 Å². The van der Waals surface area contributed by atoms with Gasteiger partial charge in [-0.05, 0) is 38.0 Å². The van der Waals surface area contributed by atoms with Crippen LogP contribution in [0.3, 0.4) is 0 Å². The molecule has 0 aliphatic carbocycles. The summed E-state index contributed by atoms with van der Waals surface area (Å²) in [4.78, 5) is 16.5. The number of hydrogen-bond acceptors (Lipinski definition) is 7. The summed E-state index contributed by atoms with van der Waals surface area (Å²) in [6.45, 7) is 6.36. The standard InChI is InChI=1S/C17H19Cl2N3O3S/c1-4-6-25-14-12(18)7-11(8-13(14)19)9-20-22-17-21-10(3)15(26-17)16(23)24-5-2/h7-9H,4-6H2,1-3H3,(H,21,22)/b20-9-. The van der Waals surface area contributed by atoms with E-state index in [-0.39, 0.29) is 5.97 Å². The molecule has 1 N–H and O–H groups in total. The molecule has 2 rings (SSSR count). The molecule has 0 saturated heterocycles. The highest BCUT2D eigenvalue weighted by molar-refractivity contribution is 7.17. The zero-order valence-corrected chi connectivity index (χ0v) is 17.0. The number of benzene rings is 1. The number of anilines is 1. The largest absolute Gasteiger partial charge is 0.490 e. The Labute approximate surface area is 166 Å². The van der Waals surface area contributed by atoms with Gasteiger partial charge in [0.1, 0.15) is 4.88 Å². The number of aryl methyl sites for hydroxylation is 1. The zero-order valence-electron chi connectivity index (χ0n) is 14.6. The second kappa shape index (κ2) is 9.75. The summed E-state index contributed by atoms with van der Waals surface area (Å²) in [6.07, 6.45) is 2.42. The zero-order chi connectivity index (χ0) is 19.1. The Morgan fingerprint density at radius 2 is 2.04 bits per heavy atom. The van der Waals surface area contributed by atoms with Crippen LogP contribution in [0.1, 0.15) is 41.2 Å². The minimum Gasteiger partial charge on any atom is -0.490 e. The Morgan fingerprint density at radius 1 is 1.35 bits per heavy atom. The van der Waals surface area contributed by atoms with Crippen molar-refractivity contribution in [3.05, 3.63) is 38.3 Å². The number of nitrogens with one attached hydrogen (secondary N) is 1. The van der Waals surface area contributed by atoms with E-state index in [1.807, 2.05) is 6.92 Å². The second-order valence-corrected chi connectivity index (χ2v) is 7.00. The number of carbonyl (C=O) groups is 1. The highest BCUT2D eigenvalue weighted by atomic mass is 35.5. The monoisotopic (exact) mass is 415 g/mol. The summed E-state index contributed by atoms with van der Waals surface area (Å²) in [7, 11) is 0. The number of nitrogens with zero attached hydrogens (tertiary/aromatic N) is 2. The third-order valence-electron chi connectivity index (χ3n) is 3.10. The van der Waals surface area contributed by atoms with E-state index in [4.69, 9.17) is 32.7 Å². The van der Waals surface area contributed by atoms with Crippen LogP contribution in [0.5, 0.6) is 5.75 Å². The molecule has 2 aromatic rings. The molecule has 9 heteroatoms. The lowest BCUT2D eigenvalue weighted by Gasteiger charge is -2.09. The third-order valence-corrected chi connectivity index (χ3v) is 4.71. The number of aromatic nitrogens is 1. The van der Waals surface area contributed by atoms with Crippen LogP contribution in [0.2, 0.25) is 10.0 Å². The van der Waals surface area contributed by atoms with E-state index in [1.165, 1.54) is 11.3 Å². The van der Waals surface area contributed by atoms with Crippen LogP contribution in [0.15, 0.2) is 17.2 Å². The Kier molecular flexibility index (Phi) is 7.68. The molecule has 0 fully saturated rings. The normalized spacial score (nSPS) is 11.0. The van der Waals surface area contributed by atoms with Crippen LogP contribution < -0.4 is 10.2 Å². The van der Waals surface area contributed by atoms with E-state index in [2.05, 4.69) is 15.5 Å². The topological polar surface area (TPSA) is 72.8 Å². The first-order chi connectivity index (χ1) is 12.5. The molecule has 0 spiro atoms. The van der Waals surface area contributed by atoms with E-state index in [0.29, 0.717) is 50.3 Å². The van der Waals surface area contributed by atoms with Gasteiger partial charge in [-0.1, -0.05) is 41.5 Å². The Morgan fingerprint density at radius 3 is 2.65 bits per heavy atom. The first-order valence-corrected chi connectivity index (χ1v) is 9.58. The molecule has 0 amide bonds. The van der Waals surface area contributed by atoms with Crippen molar-refractivity contribution in [3.8, 4) is 5.75 Å². The Hall–Kier alpha value is -1.83. The number of thiazole rings is 1. The number of carbonyl (C=O) groups excluding carboxylic acids is 1. The highest BCUT2D eigenvalue weighted by Crippen LogP contribution is 2.34. The minimum atomic E-state index is -0.388. The molecule has 1 aromatic heterocycles. The quantitative estimate of drug-likeness (QED) is 0.365. The predicted octanol–water partition coefficient (Wildman–Crippen LogP) is 5.17. The van der Waals surface area contributed by atoms with Gasteiger partial charge in [0.05, 0.1) is 35.2 Å². The fourth-order valence-corrected chi connectivity index (χ4v) is 3.41. The Balaban J connectivity index is 2.07. The second-order valence-electron chi connectivity index (χ2n) is 5.19. The Bertz CT molecular complexity index is 786. The van der Waals surface area contributed by atoms with Gasteiger partial charge < -0.3 is 9.47 Å². The average Bonchev–Trinajstić information content (AvgIpc) is 2.95. The molecule has 0 radical (unpaired) electrons. The predicted molar refractivity (Wildman–Crippen MR) is 106 cm³/mol. The number of hydrogen-bond donors (Lipinski definition) is 1. The molecule has 0 aliphatic heterocycles. The summed E-state index contributed by atoms with van der Waals surface area (Å²) in [5.41, 5.74) is 4.09. The lowest BCUT2D eigenvalue weighted by molar-refractivity contribution is 0.0531. The molecule has 1 heterocycles. The summed E-state index contributed by atoms with van der Waals surface area (Å²) >= 11 is 13.6. The van der Waals surface area contributed by atoms with Crippen LogP contribution in [0.25, 0.3) is 0 Å². The van der Waals surface area contributed by atoms with E-state index < -0.39 is 0 Å². The summed E-state index contributed by atoms with van der Waals surface area (Å²) in [5, 5.41) is 5.43. The van der Waals surface area contributed by atoms with Gasteiger partial charge in [-0.2, -0.15) is 5.10 Å². The van der Waals surface area contributed by atoms with Gasteiger partial charge in [0.2, 0.25) is 5.13 Å². The van der Waals surface area contributed by atoms with Gasteiger partial charge in [0.15, 0.2) is 5.75 Å². The van der Waals surface area contributed by atoms with Gasteiger partial charge in [0.25, 0.3) is 0 Å². The number of ether oxygens (including phenoxy) is 2. The molecule has 0 bridgehead atoms. The fourth-order valence-electron chi connectivity index (χ4n) is 1.99. The molecule has 0 saturated carbocycles. The number of hydrazone groups is 1. The van der Waals surface area contributed by atoms with E-state index >= 15 is 0 Å². The number of halogens is 2. The third kappa shape index (κ3) is 5.33. The first-order valence-electron chi connectivity index (χ1n) is 8.01. The van der Waals surface area contributed by atoms with Crippen molar-refractivity contribution < 1.29 is 14.3 Å². The van der Waals surface area contributed by atoms with Crippen LogP contribution in [0, 0.1) is 6.92 Å². The minimum absolute atomic E-state index is 0.316. The van der Waals surface area contributed by atoms with Crippen molar-refractivity contribution >= 4 is 51.9 Å². The van der Waals surface area contributed by atoms with Gasteiger partial charge in [0, 0.05) is 0 Å². The molecule has 140 valence electrons. The maximum absolute atomic E-state index is 11.8. The van der Waals surface area contributed by atoms with Crippen molar-refractivity contribution in [2.24, 2.45) is 5.10 Å². The lowest BCUT2D eigenvalue weighted by Crippen LogP contribution is -2.03. The van der Waals surface area contributed by atoms with Crippen LogP contribution in [-0.2, 0) is 4.74 Å². The molecule has 0 unspecified atom stereocenters. The molecule has 26 heavy (non-hydrogen) atoms. The molecule has 6 nitrogen and oxygen atoms in total. The number of rotatable bonds is 8. The van der Waals surface area contributed by atoms with Gasteiger partial charge >= 0.3 is 5.97 Å². The van der Waals surface area contributed by atoms with Gasteiger partial charge in [-0.3, -0.25) is 5.43 Å².